The van der Waals surface area contributed by atoms with Crippen molar-refractivity contribution in [3.8, 4) is 0 Å². The Morgan fingerprint density at radius 3 is 2.49 bits per heavy atom. The van der Waals surface area contributed by atoms with Crippen molar-refractivity contribution in [3.05, 3.63) is 36.0 Å². The van der Waals surface area contributed by atoms with Gasteiger partial charge in [0.2, 0.25) is 17.7 Å². The summed E-state index contributed by atoms with van der Waals surface area (Å²) in [6, 6.07) is 4.25. The molecular formula is C25H35N5O5. The number of hydrogen-bond donors (Lipinski definition) is 6. The lowest BCUT2D eigenvalue weighted by molar-refractivity contribution is -0.142. The van der Waals surface area contributed by atoms with E-state index < -0.39 is 35.9 Å². The summed E-state index contributed by atoms with van der Waals surface area (Å²) in [4.78, 5) is 53.4. The number of rotatable bonds is 11. The van der Waals surface area contributed by atoms with Gasteiger partial charge in [-0.05, 0) is 43.9 Å². The Bertz CT molecular complexity index is 1060. The lowest BCUT2D eigenvalue weighted by Crippen LogP contribution is -2.58. The fraction of sp³-hybridized carbons (Fsp3) is 0.520. The van der Waals surface area contributed by atoms with Gasteiger partial charge in [-0.3, -0.25) is 14.4 Å². The molecule has 1 aromatic heterocycles. The van der Waals surface area contributed by atoms with E-state index in [2.05, 4.69) is 26.3 Å². The number of carboxylic acids is 1. The first-order valence-corrected chi connectivity index (χ1v) is 12.1. The highest BCUT2D eigenvalue weighted by Gasteiger charge is 2.32. The Morgan fingerprint density at radius 2 is 1.83 bits per heavy atom. The Balaban J connectivity index is 1.66. The number of H-pyrrole nitrogens is 1. The van der Waals surface area contributed by atoms with Crippen molar-refractivity contribution in [3.63, 3.8) is 0 Å². The second-order valence-corrected chi connectivity index (χ2v) is 9.21. The molecule has 1 aliphatic heterocycles. The van der Waals surface area contributed by atoms with Gasteiger partial charge in [0.25, 0.3) is 0 Å². The van der Waals surface area contributed by atoms with Gasteiger partial charge in [0, 0.05) is 23.5 Å². The molecule has 1 aromatic carbocycles. The largest absolute Gasteiger partial charge is 0.480 e. The molecule has 5 atom stereocenters. The zero-order valence-electron chi connectivity index (χ0n) is 20.4. The second-order valence-electron chi connectivity index (χ2n) is 9.21. The summed E-state index contributed by atoms with van der Waals surface area (Å²) in [7, 11) is 0. The molecule has 6 N–H and O–H groups in total. The molecule has 0 radical (unpaired) electrons. The molecule has 3 rings (SSSR count). The fourth-order valence-electron chi connectivity index (χ4n) is 4.25. The predicted octanol–water partition coefficient (Wildman–Crippen LogP) is 1.07. The Labute approximate surface area is 204 Å². The monoisotopic (exact) mass is 485 g/mol. The van der Waals surface area contributed by atoms with E-state index in [0.29, 0.717) is 12.8 Å². The number of nitrogens with one attached hydrogen (secondary N) is 5. The molecule has 0 aliphatic carbocycles. The van der Waals surface area contributed by atoms with Crippen LogP contribution in [0.3, 0.4) is 0 Å². The third kappa shape index (κ3) is 6.60. The van der Waals surface area contributed by atoms with Crippen molar-refractivity contribution >= 4 is 34.6 Å². The van der Waals surface area contributed by atoms with Gasteiger partial charge < -0.3 is 31.4 Å². The average Bonchev–Trinajstić information content (AvgIpc) is 3.52. The van der Waals surface area contributed by atoms with Crippen LogP contribution in [0.4, 0.5) is 0 Å². The Hall–Kier alpha value is -3.40. The molecule has 1 aliphatic rings. The lowest BCUT2D eigenvalue weighted by Gasteiger charge is -2.27. The topological polar surface area (TPSA) is 152 Å². The number of aromatic amines is 1. The zero-order chi connectivity index (χ0) is 25.5. The van der Waals surface area contributed by atoms with Crippen molar-refractivity contribution in [1.29, 1.82) is 0 Å². The van der Waals surface area contributed by atoms with Crippen molar-refractivity contribution < 1.29 is 24.3 Å². The smallest absolute Gasteiger partial charge is 0.326 e. The van der Waals surface area contributed by atoms with Crippen molar-refractivity contribution in [2.24, 2.45) is 5.92 Å². The van der Waals surface area contributed by atoms with E-state index in [1.54, 1.807) is 13.1 Å². The highest BCUT2D eigenvalue weighted by molar-refractivity contribution is 5.94. The van der Waals surface area contributed by atoms with Crippen molar-refractivity contribution in [2.45, 2.75) is 70.6 Å². The maximum absolute atomic E-state index is 13.1. The molecule has 2 aromatic rings. The molecule has 3 amide bonds. The molecule has 10 heteroatoms. The quantitative estimate of drug-likeness (QED) is 0.280. The number of aliphatic carboxylic acids is 1. The molecule has 0 spiro atoms. The maximum atomic E-state index is 13.1. The van der Waals surface area contributed by atoms with E-state index in [4.69, 9.17) is 0 Å². The molecule has 1 saturated heterocycles. The molecule has 0 saturated carbocycles. The lowest BCUT2D eigenvalue weighted by atomic mass is 9.97. The van der Waals surface area contributed by atoms with Gasteiger partial charge in [-0.15, -0.1) is 0 Å². The molecule has 0 bridgehead atoms. The molecule has 10 nitrogen and oxygen atoms in total. The number of carbonyl (C=O) groups excluding carboxylic acids is 3. The predicted molar refractivity (Wildman–Crippen MR) is 132 cm³/mol. The summed E-state index contributed by atoms with van der Waals surface area (Å²) >= 11 is 0. The van der Waals surface area contributed by atoms with Crippen LogP contribution in [-0.4, -0.2) is 64.5 Å². The number of para-hydroxylation sites is 1. The number of aromatic nitrogens is 1. The first-order chi connectivity index (χ1) is 16.7. The number of carboxylic acid groups (broad SMARTS) is 1. The van der Waals surface area contributed by atoms with Crippen LogP contribution in [0.25, 0.3) is 10.9 Å². The van der Waals surface area contributed by atoms with Crippen LogP contribution in [0.2, 0.25) is 0 Å². The van der Waals surface area contributed by atoms with Crippen LogP contribution in [-0.2, 0) is 25.6 Å². The van der Waals surface area contributed by atoms with Gasteiger partial charge in [0.05, 0.1) is 6.04 Å². The fourth-order valence-corrected chi connectivity index (χ4v) is 4.25. The third-order valence-corrected chi connectivity index (χ3v) is 6.64. The van der Waals surface area contributed by atoms with Crippen molar-refractivity contribution in [2.75, 3.05) is 6.54 Å². The molecule has 1 fully saturated rings. The van der Waals surface area contributed by atoms with Gasteiger partial charge in [0.1, 0.15) is 18.1 Å². The first-order valence-electron chi connectivity index (χ1n) is 12.1. The molecule has 35 heavy (non-hydrogen) atoms. The van der Waals surface area contributed by atoms with Crippen LogP contribution < -0.4 is 21.3 Å². The third-order valence-electron chi connectivity index (χ3n) is 6.64. The molecule has 5 unspecified atom stereocenters. The highest BCUT2D eigenvalue weighted by Crippen LogP contribution is 2.19. The van der Waals surface area contributed by atoms with E-state index in [9.17, 15) is 24.3 Å². The summed E-state index contributed by atoms with van der Waals surface area (Å²) in [6.07, 6.45) is 4.03. The minimum Gasteiger partial charge on any atom is -0.480 e. The first kappa shape index (κ1) is 26.2. The van der Waals surface area contributed by atoms with Crippen molar-refractivity contribution in [1.82, 2.24) is 26.3 Å². The molecule has 2 heterocycles. The normalized spacial score (nSPS) is 18.9. The number of carbonyl (C=O) groups is 4. The van der Waals surface area contributed by atoms with Gasteiger partial charge in [-0.25, -0.2) is 4.79 Å². The average molecular weight is 486 g/mol. The summed E-state index contributed by atoms with van der Waals surface area (Å²) in [5.41, 5.74) is 1.65. The molecule has 190 valence electrons. The Kier molecular flexibility index (Phi) is 8.86. The SMILES string of the molecule is CCC(C)C(NC(=O)C(C)NC(=O)C1CCCN1)C(=O)NC(Cc1c[nH]c2ccccc12)C(=O)O. The summed E-state index contributed by atoms with van der Waals surface area (Å²) in [6.45, 7) is 6.02. The van der Waals surface area contributed by atoms with Gasteiger partial charge in [0.15, 0.2) is 0 Å². The van der Waals surface area contributed by atoms with Gasteiger partial charge in [-0.2, -0.15) is 0 Å². The minimum absolute atomic E-state index is 0.0904. The summed E-state index contributed by atoms with van der Waals surface area (Å²) in [5.74, 6) is -2.74. The van der Waals surface area contributed by atoms with Gasteiger partial charge in [-0.1, -0.05) is 38.5 Å². The van der Waals surface area contributed by atoms with Crippen LogP contribution in [0.15, 0.2) is 30.5 Å². The molecular weight excluding hydrogens is 450 g/mol. The van der Waals surface area contributed by atoms with Crippen LogP contribution in [0.5, 0.6) is 0 Å². The second kappa shape index (κ2) is 11.8. The standard InChI is InChI=1S/C25H35N5O5/c1-4-14(2)21(30-22(31)15(3)28-23(32)19-10-7-11-26-19)24(33)29-20(25(34)35)12-16-13-27-18-9-6-5-8-17(16)18/h5-6,8-9,13-15,19-21,26-27H,4,7,10-12H2,1-3H3,(H,28,32)(H,29,33)(H,30,31)(H,34,35). The van der Waals surface area contributed by atoms with Gasteiger partial charge >= 0.3 is 5.97 Å². The summed E-state index contributed by atoms with van der Waals surface area (Å²) in [5, 5.41) is 21.7. The Morgan fingerprint density at radius 1 is 1.09 bits per heavy atom. The zero-order valence-corrected chi connectivity index (χ0v) is 20.4. The summed E-state index contributed by atoms with van der Waals surface area (Å²) < 4.78 is 0. The number of amides is 3. The van der Waals surface area contributed by atoms with E-state index in [1.807, 2.05) is 38.1 Å². The van der Waals surface area contributed by atoms with Crippen LogP contribution in [0.1, 0.15) is 45.6 Å². The van der Waals surface area contributed by atoms with Crippen LogP contribution >= 0.6 is 0 Å². The van der Waals surface area contributed by atoms with E-state index in [1.165, 1.54) is 0 Å². The van der Waals surface area contributed by atoms with E-state index >= 15 is 0 Å². The van der Waals surface area contributed by atoms with E-state index in [-0.39, 0.29) is 24.3 Å². The number of fused-ring (bicyclic) bond motifs is 1. The number of hydrogen-bond acceptors (Lipinski definition) is 5. The highest BCUT2D eigenvalue weighted by atomic mass is 16.4. The van der Waals surface area contributed by atoms with Crippen LogP contribution in [0, 0.1) is 5.92 Å². The van der Waals surface area contributed by atoms with E-state index in [0.717, 1.165) is 29.4 Å². The maximum Gasteiger partial charge on any atom is 0.326 e. The number of benzene rings is 1. The minimum atomic E-state index is -1.17.